The number of carbonyl (C=O) groups is 1. The maximum absolute atomic E-state index is 12.3. The number of amides is 1. The van der Waals surface area contributed by atoms with E-state index in [2.05, 4.69) is 15.5 Å². The molecular weight excluding hydrogens is 280 g/mol. The zero-order valence-electron chi connectivity index (χ0n) is 11.3. The molecule has 106 valence electrons. The lowest BCUT2D eigenvalue weighted by atomic mass is 9.95. The Kier molecular flexibility index (Phi) is 4.67. The normalized spacial score (nSPS) is 17.4. The van der Waals surface area contributed by atoms with Gasteiger partial charge in [-0.15, -0.1) is 10.2 Å². The van der Waals surface area contributed by atoms with E-state index in [9.17, 15) is 4.79 Å². The third-order valence-corrected chi connectivity index (χ3v) is 5.25. The first-order chi connectivity index (χ1) is 8.97. The summed E-state index contributed by atoms with van der Waals surface area (Å²) in [4.78, 5) is 12.3. The lowest BCUT2D eigenvalue weighted by Gasteiger charge is -2.28. The monoisotopic (exact) mass is 300 g/mol. The van der Waals surface area contributed by atoms with Crippen molar-refractivity contribution >= 4 is 34.1 Å². The summed E-state index contributed by atoms with van der Waals surface area (Å²) in [6.07, 6.45) is 5.90. The van der Waals surface area contributed by atoms with Crippen LogP contribution in [0.4, 0.5) is 5.13 Å². The van der Waals surface area contributed by atoms with Gasteiger partial charge in [-0.3, -0.25) is 4.79 Å². The summed E-state index contributed by atoms with van der Waals surface area (Å²) in [5.74, 6) is 0.0678. The van der Waals surface area contributed by atoms with Crippen molar-refractivity contribution in [2.24, 2.45) is 0 Å². The number of hydrogen-bond donors (Lipinski definition) is 2. The summed E-state index contributed by atoms with van der Waals surface area (Å²) in [6, 6.07) is 0.334. The minimum absolute atomic E-state index is 0.0678. The molecule has 1 aromatic rings. The Bertz CT molecular complexity index is 441. The number of nitrogens with one attached hydrogen (secondary N) is 1. The van der Waals surface area contributed by atoms with E-state index in [1.165, 1.54) is 42.4 Å². The lowest BCUT2D eigenvalue weighted by molar-refractivity contribution is -0.123. The van der Waals surface area contributed by atoms with Crippen LogP contribution in [0, 0.1) is 0 Å². The van der Waals surface area contributed by atoms with Gasteiger partial charge in [0.2, 0.25) is 11.0 Å². The molecule has 2 rings (SSSR count). The Morgan fingerprint density at radius 3 is 2.63 bits per heavy atom. The Labute approximate surface area is 121 Å². The molecule has 0 bridgehead atoms. The van der Waals surface area contributed by atoms with E-state index in [1.807, 2.05) is 13.8 Å². The first kappa shape index (κ1) is 14.6. The molecule has 0 aliphatic heterocycles. The Hall–Kier alpha value is -0.820. The summed E-state index contributed by atoms with van der Waals surface area (Å²) >= 11 is 2.73. The summed E-state index contributed by atoms with van der Waals surface area (Å²) in [5, 5.41) is 11.3. The minimum Gasteiger partial charge on any atom is -0.374 e. The molecule has 1 aromatic heterocycles. The van der Waals surface area contributed by atoms with Gasteiger partial charge in [0.25, 0.3) is 0 Å². The summed E-state index contributed by atoms with van der Waals surface area (Å²) < 4.78 is 0.185. The molecule has 0 atom stereocenters. The fourth-order valence-corrected chi connectivity index (χ4v) is 4.19. The number of aromatic nitrogens is 2. The standard InChI is InChI=1S/C12H20N4OS2/c1-12(2,19-11-16-15-10(13)18-11)9(17)14-8-6-4-3-5-7-8/h8H,3-7H2,1-2H3,(H2,13,15)(H,14,17). The minimum atomic E-state index is -0.552. The van der Waals surface area contributed by atoms with Crippen LogP contribution in [-0.2, 0) is 4.79 Å². The van der Waals surface area contributed by atoms with Gasteiger partial charge >= 0.3 is 0 Å². The van der Waals surface area contributed by atoms with E-state index in [0.29, 0.717) is 11.2 Å². The summed E-state index contributed by atoms with van der Waals surface area (Å²) in [6.45, 7) is 3.82. The van der Waals surface area contributed by atoms with Crippen molar-refractivity contribution in [2.75, 3.05) is 5.73 Å². The predicted molar refractivity (Wildman–Crippen MR) is 79.3 cm³/mol. The van der Waals surface area contributed by atoms with Crippen LogP contribution in [0.25, 0.3) is 0 Å². The Balaban J connectivity index is 1.92. The van der Waals surface area contributed by atoms with E-state index < -0.39 is 4.75 Å². The number of anilines is 1. The number of nitrogens with zero attached hydrogens (tertiary/aromatic N) is 2. The molecule has 1 aliphatic rings. The highest BCUT2D eigenvalue weighted by molar-refractivity contribution is 8.03. The van der Waals surface area contributed by atoms with Gasteiger partial charge in [0, 0.05) is 6.04 Å². The third kappa shape index (κ3) is 4.07. The van der Waals surface area contributed by atoms with Crippen LogP contribution in [0.1, 0.15) is 46.0 Å². The SMILES string of the molecule is CC(C)(Sc1nnc(N)s1)C(=O)NC1CCCCC1. The predicted octanol–water partition coefficient (Wildman–Crippen LogP) is 2.44. The average Bonchev–Trinajstić information content (AvgIpc) is 2.75. The molecule has 0 saturated heterocycles. The smallest absolute Gasteiger partial charge is 0.236 e. The van der Waals surface area contributed by atoms with Gasteiger partial charge in [0.15, 0.2) is 4.34 Å². The van der Waals surface area contributed by atoms with E-state index >= 15 is 0 Å². The molecule has 5 nitrogen and oxygen atoms in total. The van der Waals surface area contributed by atoms with Gasteiger partial charge in [-0.2, -0.15) is 0 Å². The highest BCUT2D eigenvalue weighted by atomic mass is 32.2. The van der Waals surface area contributed by atoms with Gasteiger partial charge in [-0.25, -0.2) is 0 Å². The fourth-order valence-electron chi connectivity index (χ4n) is 2.13. The fraction of sp³-hybridized carbons (Fsp3) is 0.750. The van der Waals surface area contributed by atoms with E-state index in [1.54, 1.807) is 0 Å². The van der Waals surface area contributed by atoms with Crippen molar-refractivity contribution in [3.8, 4) is 0 Å². The van der Waals surface area contributed by atoms with Crippen LogP contribution >= 0.6 is 23.1 Å². The molecule has 0 spiro atoms. The van der Waals surface area contributed by atoms with Crippen molar-refractivity contribution in [2.45, 2.75) is 61.1 Å². The first-order valence-electron chi connectivity index (χ1n) is 6.56. The van der Waals surface area contributed by atoms with Crippen molar-refractivity contribution in [1.82, 2.24) is 15.5 Å². The van der Waals surface area contributed by atoms with Crippen molar-refractivity contribution in [1.29, 1.82) is 0 Å². The van der Waals surface area contributed by atoms with Crippen molar-refractivity contribution < 1.29 is 4.79 Å². The second-order valence-electron chi connectivity index (χ2n) is 5.33. The Morgan fingerprint density at radius 1 is 1.37 bits per heavy atom. The largest absolute Gasteiger partial charge is 0.374 e. The van der Waals surface area contributed by atoms with Gasteiger partial charge in [0.1, 0.15) is 0 Å². The van der Waals surface area contributed by atoms with Gasteiger partial charge in [-0.05, 0) is 26.7 Å². The van der Waals surface area contributed by atoms with Crippen LogP contribution in [0.2, 0.25) is 0 Å². The summed E-state index contributed by atoms with van der Waals surface area (Å²) in [7, 11) is 0. The number of carbonyl (C=O) groups excluding carboxylic acids is 1. The second kappa shape index (κ2) is 6.09. The molecule has 0 unspecified atom stereocenters. The number of nitrogen functional groups attached to an aromatic ring is 1. The average molecular weight is 300 g/mol. The number of thioether (sulfide) groups is 1. The first-order valence-corrected chi connectivity index (χ1v) is 8.19. The number of hydrogen-bond acceptors (Lipinski definition) is 6. The van der Waals surface area contributed by atoms with Gasteiger partial charge in [0.05, 0.1) is 4.75 Å². The van der Waals surface area contributed by atoms with Crippen molar-refractivity contribution in [3.63, 3.8) is 0 Å². The van der Waals surface area contributed by atoms with Crippen LogP contribution in [-0.4, -0.2) is 26.9 Å². The van der Waals surface area contributed by atoms with Gasteiger partial charge < -0.3 is 11.1 Å². The molecule has 7 heteroatoms. The molecule has 19 heavy (non-hydrogen) atoms. The van der Waals surface area contributed by atoms with Crippen LogP contribution in [0.5, 0.6) is 0 Å². The van der Waals surface area contributed by atoms with Crippen molar-refractivity contribution in [3.05, 3.63) is 0 Å². The highest BCUT2D eigenvalue weighted by Crippen LogP contribution is 2.35. The summed E-state index contributed by atoms with van der Waals surface area (Å²) in [5.41, 5.74) is 5.55. The molecule has 0 aromatic carbocycles. The van der Waals surface area contributed by atoms with Crippen LogP contribution < -0.4 is 11.1 Å². The maximum Gasteiger partial charge on any atom is 0.236 e. The second-order valence-corrected chi connectivity index (χ2v) is 8.21. The molecule has 1 heterocycles. The van der Waals surface area contributed by atoms with Gasteiger partial charge in [-0.1, -0.05) is 42.4 Å². The number of rotatable bonds is 4. The lowest BCUT2D eigenvalue weighted by Crippen LogP contribution is -2.45. The molecule has 0 radical (unpaired) electrons. The highest BCUT2D eigenvalue weighted by Gasteiger charge is 2.32. The van der Waals surface area contributed by atoms with E-state index in [-0.39, 0.29) is 5.91 Å². The maximum atomic E-state index is 12.3. The van der Waals surface area contributed by atoms with Crippen LogP contribution in [0.15, 0.2) is 4.34 Å². The topological polar surface area (TPSA) is 80.9 Å². The molecule has 1 amide bonds. The molecule has 1 saturated carbocycles. The molecule has 3 N–H and O–H groups in total. The van der Waals surface area contributed by atoms with E-state index in [4.69, 9.17) is 5.73 Å². The van der Waals surface area contributed by atoms with Crippen LogP contribution in [0.3, 0.4) is 0 Å². The quantitative estimate of drug-likeness (QED) is 0.835. The van der Waals surface area contributed by atoms with E-state index in [0.717, 1.165) is 17.2 Å². The number of nitrogens with two attached hydrogens (primary N) is 1. The molecule has 1 aliphatic carbocycles. The zero-order valence-corrected chi connectivity index (χ0v) is 12.9. The molecule has 1 fully saturated rings. The third-order valence-electron chi connectivity index (χ3n) is 3.25. The molecular formula is C12H20N4OS2. The zero-order chi connectivity index (χ0) is 13.9. The Morgan fingerprint density at radius 2 is 2.05 bits per heavy atom.